The van der Waals surface area contributed by atoms with E-state index in [1.165, 1.54) is 10.5 Å². The second kappa shape index (κ2) is 10.6. The third kappa shape index (κ3) is 4.48. The molecule has 2 atom stereocenters. The number of carbonyl (C=O) groups is 3. The van der Waals surface area contributed by atoms with Crippen LogP contribution in [0.5, 0.6) is 0 Å². The molecule has 7 nitrogen and oxygen atoms in total. The maximum Gasteiger partial charge on any atom is 0.332 e. The lowest BCUT2D eigenvalue weighted by Gasteiger charge is -2.36. The number of para-hydroxylation sites is 2. The van der Waals surface area contributed by atoms with Gasteiger partial charge in [0.1, 0.15) is 12.1 Å². The molecular formula is C36H32N4O3. The molecule has 5 aromatic rings. The van der Waals surface area contributed by atoms with Gasteiger partial charge in [0.05, 0.1) is 11.3 Å². The van der Waals surface area contributed by atoms with E-state index in [9.17, 15) is 14.4 Å². The molecule has 1 fully saturated rings. The fourth-order valence-electron chi connectivity index (χ4n) is 6.44. The molecule has 2 aliphatic heterocycles. The predicted molar refractivity (Wildman–Crippen MR) is 167 cm³/mol. The van der Waals surface area contributed by atoms with E-state index in [1.807, 2.05) is 48.5 Å². The van der Waals surface area contributed by atoms with Crippen molar-refractivity contribution in [2.45, 2.75) is 44.8 Å². The Morgan fingerprint density at radius 2 is 1.58 bits per heavy atom. The molecule has 7 heteroatoms. The number of amides is 4. The molecule has 1 saturated heterocycles. The van der Waals surface area contributed by atoms with Gasteiger partial charge in [-0.3, -0.25) is 14.5 Å². The smallest absolute Gasteiger partial charge is 0.332 e. The first-order chi connectivity index (χ1) is 20.9. The van der Waals surface area contributed by atoms with E-state index in [0.29, 0.717) is 24.6 Å². The van der Waals surface area contributed by atoms with Crippen LogP contribution >= 0.6 is 0 Å². The van der Waals surface area contributed by atoms with Crippen LogP contribution in [-0.4, -0.2) is 33.8 Å². The summed E-state index contributed by atoms with van der Waals surface area (Å²) in [7, 11) is 0. The van der Waals surface area contributed by atoms with Crippen LogP contribution in [-0.2, 0) is 17.8 Å². The predicted octanol–water partition coefficient (Wildman–Crippen LogP) is 6.70. The van der Waals surface area contributed by atoms with Crippen LogP contribution < -0.4 is 10.2 Å². The van der Waals surface area contributed by atoms with Gasteiger partial charge in [-0.1, -0.05) is 98.8 Å². The molecule has 2 aliphatic rings. The van der Waals surface area contributed by atoms with Gasteiger partial charge in [-0.25, -0.2) is 9.69 Å². The van der Waals surface area contributed by atoms with Gasteiger partial charge in [0, 0.05) is 29.6 Å². The van der Waals surface area contributed by atoms with Crippen LogP contribution in [0.1, 0.15) is 64.1 Å². The Balaban J connectivity index is 1.29. The van der Waals surface area contributed by atoms with Crippen molar-refractivity contribution in [3.05, 3.63) is 137 Å². The zero-order valence-electron chi connectivity index (χ0n) is 24.1. The first-order valence-electron chi connectivity index (χ1n) is 14.7. The standard InChI is InChI=1S/C36H32N4O3/c1-22(2)24-16-18-25(19-17-24)33-32-28(26-12-6-8-14-29(26)38-32)20-31-35(42)40(36(43)39(31)33)30-15-9-7-13-27(30)34(41)37-21-23-10-4-3-5-11-23/h3-19,22,31,33,38H,20-21H2,1-2H3,(H,37,41)/t31-,33?/m0/s1. The van der Waals surface area contributed by atoms with Gasteiger partial charge >= 0.3 is 6.03 Å². The highest BCUT2D eigenvalue weighted by Gasteiger charge is 2.53. The minimum absolute atomic E-state index is 0.279. The van der Waals surface area contributed by atoms with Gasteiger partial charge in [0.15, 0.2) is 0 Å². The lowest BCUT2D eigenvalue weighted by atomic mass is 9.88. The summed E-state index contributed by atoms with van der Waals surface area (Å²) < 4.78 is 0. The molecule has 2 N–H and O–H groups in total. The third-order valence-corrected chi connectivity index (χ3v) is 8.65. The Kier molecular flexibility index (Phi) is 6.58. The fourth-order valence-corrected chi connectivity index (χ4v) is 6.44. The van der Waals surface area contributed by atoms with Gasteiger partial charge < -0.3 is 10.3 Å². The number of urea groups is 1. The average molecular weight is 569 g/mol. The van der Waals surface area contributed by atoms with Crippen molar-refractivity contribution in [1.29, 1.82) is 0 Å². The number of hydrogen-bond acceptors (Lipinski definition) is 3. The summed E-state index contributed by atoms with van der Waals surface area (Å²) in [4.78, 5) is 48.5. The number of aromatic amines is 1. The van der Waals surface area contributed by atoms with E-state index in [4.69, 9.17) is 0 Å². The fraction of sp³-hybridized carbons (Fsp3) is 0.194. The van der Waals surface area contributed by atoms with Crippen molar-refractivity contribution in [2.24, 2.45) is 0 Å². The highest BCUT2D eigenvalue weighted by molar-refractivity contribution is 6.24. The highest BCUT2D eigenvalue weighted by Crippen LogP contribution is 2.45. The summed E-state index contributed by atoms with van der Waals surface area (Å²) in [6.07, 6.45) is 0.392. The lowest BCUT2D eigenvalue weighted by molar-refractivity contribution is -0.120. The summed E-state index contributed by atoms with van der Waals surface area (Å²) >= 11 is 0. The normalized spacial score (nSPS) is 17.8. The minimum Gasteiger partial charge on any atom is -0.356 e. The molecule has 3 heterocycles. The first-order valence-corrected chi connectivity index (χ1v) is 14.7. The monoisotopic (exact) mass is 568 g/mol. The van der Waals surface area contributed by atoms with Crippen molar-refractivity contribution >= 4 is 34.4 Å². The topological polar surface area (TPSA) is 85.5 Å². The Bertz CT molecular complexity index is 1860. The Morgan fingerprint density at radius 1 is 0.884 bits per heavy atom. The van der Waals surface area contributed by atoms with Crippen LogP contribution in [0.3, 0.4) is 0 Å². The summed E-state index contributed by atoms with van der Waals surface area (Å²) in [5.41, 5.74) is 6.61. The van der Waals surface area contributed by atoms with Gasteiger partial charge in [-0.05, 0) is 46.4 Å². The van der Waals surface area contributed by atoms with Crippen LogP contribution in [0.4, 0.5) is 10.5 Å². The molecule has 0 radical (unpaired) electrons. The van der Waals surface area contributed by atoms with E-state index in [-0.39, 0.29) is 17.4 Å². The molecule has 1 unspecified atom stereocenters. The van der Waals surface area contributed by atoms with Gasteiger partial charge in [-0.2, -0.15) is 0 Å². The van der Waals surface area contributed by atoms with Crippen molar-refractivity contribution in [3.63, 3.8) is 0 Å². The Hall–Kier alpha value is -5.17. The molecule has 214 valence electrons. The van der Waals surface area contributed by atoms with Crippen LogP contribution in [0, 0.1) is 0 Å². The number of nitrogens with one attached hydrogen (secondary N) is 2. The number of hydrogen-bond donors (Lipinski definition) is 2. The quantitative estimate of drug-likeness (QED) is 0.224. The van der Waals surface area contributed by atoms with Crippen molar-refractivity contribution in [3.8, 4) is 0 Å². The number of rotatable bonds is 6. The molecule has 0 spiro atoms. The van der Waals surface area contributed by atoms with E-state index in [2.05, 4.69) is 54.5 Å². The summed E-state index contributed by atoms with van der Waals surface area (Å²) in [6.45, 7) is 4.63. The Morgan fingerprint density at radius 3 is 2.35 bits per heavy atom. The third-order valence-electron chi connectivity index (χ3n) is 8.65. The van der Waals surface area contributed by atoms with E-state index in [1.54, 1.807) is 29.2 Å². The molecule has 0 bridgehead atoms. The maximum absolute atomic E-state index is 14.4. The van der Waals surface area contributed by atoms with Crippen LogP contribution in [0.15, 0.2) is 103 Å². The van der Waals surface area contributed by atoms with Gasteiger partial charge in [0.25, 0.3) is 11.8 Å². The number of carbonyl (C=O) groups excluding carboxylic acids is 3. The minimum atomic E-state index is -0.700. The molecular weight excluding hydrogens is 536 g/mol. The van der Waals surface area contributed by atoms with Gasteiger partial charge in [-0.15, -0.1) is 0 Å². The summed E-state index contributed by atoms with van der Waals surface area (Å²) in [5, 5.41) is 4.00. The summed E-state index contributed by atoms with van der Waals surface area (Å²) in [5.74, 6) is -0.304. The molecule has 4 amide bonds. The van der Waals surface area contributed by atoms with Gasteiger partial charge in [0.2, 0.25) is 0 Å². The number of benzene rings is 4. The van der Waals surface area contributed by atoms with Crippen molar-refractivity contribution < 1.29 is 14.4 Å². The molecule has 7 rings (SSSR count). The van der Waals surface area contributed by atoms with Crippen LogP contribution in [0.2, 0.25) is 0 Å². The number of nitrogens with zero attached hydrogens (tertiary/aromatic N) is 2. The summed E-state index contributed by atoms with van der Waals surface area (Å²) in [6, 6.07) is 31.2. The SMILES string of the molecule is CC(C)c1ccc(C2c3[nH]c4ccccc4c3C[C@H]3C(=O)N(c4ccccc4C(=O)NCc4ccccc4)C(=O)N23)cc1. The number of fused-ring (bicyclic) bond motifs is 4. The zero-order valence-corrected chi connectivity index (χ0v) is 24.1. The van der Waals surface area contributed by atoms with Crippen LogP contribution in [0.25, 0.3) is 10.9 Å². The van der Waals surface area contributed by atoms with E-state index in [0.717, 1.165) is 33.3 Å². The van der Waals surface area contributed by atoms with Crippen molar-refractivity contribution in [1.82, 2.24) is 15.2 Å². The second-order valence-corrected chi connectivity index (χ2v) is 11.6. The molecule has 0 aliphatic carbocycles. The maximum atomic E-state index is 14.4. The number of anilines is 1. The molecule has 0 saturated carbocycles. The second-order valence-electron chi connectivity index (χ2n) is 11.6. The molecule has 43 heavy (non-hydrogen) atoms. The highest BCUT2D eigenvalue weighted by atomic mass is 16.2. The largest absolute Gasteiger partial charge is 0.356 e. The first kappa shape index (κ1) is 26.7. The molecule has 1 aromatic heterocycles. The lowest BCUT2D eigenvalue weighted by Crippen LogP contribution is -2.44. The number of H-pyrrole nitrogens is 1. The van der Waals surface area contributed by atoms with E-state index >= 15 is 0 Å². The number of aromatic nitrogens is 1. The van der Waals surface area contributed by atoms with E-state index < -0.39 is 18.1 Å². The van der Waals surface area contributed by atoms with Crippen molar-refractivity contribution in [2.75, 3.05) is 4.90 Å². The average Bonchev–Trinajstić information content (AvgIpc) is 3.53. The Labute approximate surface area is 250 Å². The molecule has 4 aromatic carbocycles. The zero-order chi connectivity index (χ0) is 29.7. The number of imide groups is 1.